The molecular weight excluding hydrogens is 362 g/mol. The highest BCUT2D eigenvalue weighted by atomic mass is 35.5. The summed E-state index contributed by atoms with van der Waals surface area (Å²) in [6.45, 7) is 3.91. The molecule has 0 spiro atoms. The molecule has 3 aromatic rings. The lowest BCUT2D eigenvalue weighted by Gasteiger charge is -2.10. The number of amides is 1. The summed E-state index contributed by atoms with van der Waals surface area (Å²) in [4.78, 5) is 24.5. The van der Waals surface area contributed by atoms with Crippen molar-refractivity contribution in [2.45, 2.75) is 13.8 Å². The van der Waals surface area contributed by atoms with Crippen molar-refractivity contribution in [3.8, 4) is 5.75 Å². The van der Waals surface area contributed by atoms with Crippen molar-refractivity contribution in [2.24, 2.45) is 0 Å². The number of carbonyl (C=O) groups excluding carboxylic acids is 2. The molecular formula is C22H18ClNO3. The smallest absolute Gasteiger partial charge is 0.343 e. The van der Waals surface area contributed by atoms with Crippen LogP contribution in [0.25, 0.3) is 0 Å². The van der Waals surface area contributed by atoms with Gasteiger partial charge in [-0.3, -0.25) is 4.79 Å². The average molecular weight is 380 g/mol. The summed E-state index contributed by atoms with van der Waals surface area (Å²) in [6, 6.07) is 18.7. The van der Waals surface area contributed by atoms with Crippen LogP contribution in [0.5, 0.6) is 5.75 Å². The number of rotatable bonds is 4. The molecule has 0 bridgehead atoms. The summed E-state index contributed by atoms with van der Waals surface area (Å²) in [6.07, 6.45) is 0. The number of hydrogen-bond donors (Lipinski definition) is 1. The minimum atomic E-state index is -0.487. The van der Waals surface area contributed by atoms with E-state index in [0.717, 1.165) is 16.8 Å². The zero-order chi connectivity index (χ0) is 19.4. The van der Waals surface area contributed by atoms with E-state index in [1.54, 1.807) is 48.5 Å². The zero-order valence-corrected chi connectivity index (χ0v) is 15.7. The van der Waals surface area contributed by atoms with Crippen LogP contribution in [0, 0.1) is 13.8 Å². The third-order valence-corrected chi connectivity index (χ3v) is 4.30. The molecule has 4 nitrogen and oxygen atoms in total. The molecule has 3 aromatic carbocycles. The van der Waals surface area contributed by atoms with Crippen molar-refractivity contribution in [2.75, 3.05) is 5.32 Å². The SMILES string of the molecule is Cc1ccc(C)c(NC(=O)c2ccc(OC(=O)c3ccc(Cl)cc3)cc2)c1. The Morgan fingerprint density at radius 2 is 1.48 bits per heavy atom. The van der Waals surface area contributed by atoms with Gasteiger partial charge in [0.1, 0.15) is 5.75 Å². The summed E-state index contributed by atoms with van der Waals surface area (Å²) >= 11 is 5.81. The minimum absolute atomic E-state index is 0.223. The van der Waals surface area contributed by atoms with Crippen molar-refractivity contribution in [3.63, 3.8) is 0 Å². The van der Waals surface area contributed by atoms with E-state index >= 15 is 0 Å². The fraction of sp³-hybridized carbons (Fsp3) is 0.0909. The molecule has 5 heteroatoms. The largest absolute Gasteiger partial charge is 0.423 e. The maximum absolute atomic E-state index is 12.4. The van der Waals surface area contributed by atoms with Gasteiger partial charge in [0.25, 0.3) is 5.91 Å². The highest BCUT2D eigenvalue weighted by Crippen LogP contribution is 2.19. The maximum atomic E-state index is 12.4. The van der Waals surface area contributed by atoms with Crippen LogP contribution in [-0.4, -0.2) is 11.9 Å². The highest BCUT2D eigenvalue weighted by molar-refractivity contribution is 6.30. The quantitative estimate of drug-likeness (QED) is 0.486. The van der Waals surface area contributed by atoms with Crippen molar-refractivity contribution in [1.29, 1.82) is 0 Å². The van der Waals surface area contributed by atoms with E-state index in [1.165, 1.54) is 0 Å². The highest BCUT2D eigenvalue weighted by Gasteiger charge is 2.11. The molecule has 0 aromatic heterocycles. The van der Waals surface area contributed by atoms with Gasteiger partial charge in [-0.15, -0.1) is 0 Å². The van der Waals surface area contributed by atoms with Crippen LogP contribution in [-0.2, 0) is 0 Å². The fourth-order valence-corrected chi connectivity index (χ4v) is 2.62. The maximum Gasteiger partial charge on any atom is 0.343 e. The van der Waals surface area contributed by atoms with Gasteiger partial charge in [-0.25, -0.2) is 4.79 Å². The third-order valence-electron chi connectivity index (χ3n) is 4.05. The number of carbonyl (C=O) groups is 2. The molecule has 0 saturated heterocycles. The van der Waals surface area contributed by atoms with E-state index in [1.807, 2.05) is 32.0 Å². The first kappa shape index (κ1) is 18.7. The van der Waals surface area contributed by atoms with E-state index in [-0.39, 0.29) is 5.91 Å². The van der Waals surface area contributed by atoms with Crippen molar-refractivity contribution >= 4 is 29.2 Å². The molecule has 136 valence electrons. The minimum Gasteiger partial charge on any atom is -0.423 e. The number of anilines is 1. The third kappa shape index (κ3) is 4.74. The molecule has 1 N–H and O–H groups in total. The lowest BCUT2D eigenvalue weighted by atomic mass is 10.1. The van der Waals surface area contributed by atoms with Crippen molar-refractivity contribution < 1.29 is 14.3 Å². The average Bonchev–Trinajstić information content (AvgIpc) is 2.65. The van der Waals surface area contributed by atoms with Gasteiger partial charge in [-0.05, 0) is 79.6 Å². The summed E-state index contributed by atoms with van der Waals surface area (Å²) in [5.41, 5.74) is 3.71. The predicted octanol–water partition coefficient (Wildman–Crippen LogP) is 5.43. The van der Waals surface area contributed by atoms with Crippen LogP contribution >= 0.6 is 11.6 Å². The number of halogens is 1. The molecule has 0 radical (unpaired) electrons. The van der Waals surface area contributed by atoms with E-state index in [4.69, 9.17) is 16.3 Å². The molecule has 0 atom stereocenters. The van der Waals surface area contributed by atoms with Crippen LogP contribution in [0.3, 0.4) is 0 Å². The van der Waals surface area contributed by atoms with Gasteiger partial charge in [-0.1, -0.05) is 23.7 Å². The monoisotopic (exact) mass is 379 g/mol. The summed E-state index contributed by atoms with van der Waals surface area (Å²) in [5.74, 6) is -0.350. The topological polar surface area (TPSA) is 55.4 Å². The Hall–Kier alpha value is -3.11. The van der Waals surface area contributed by atoms with Gasteiger partial charge in [0.05, 0.1) is 5.56 Å². The van der Waals surface area contributed by atoms with Crippen LogP contribution in [0.4, 0.5) is 5.69 Å². The Morgan fingerprint density at radius 1 is 0.852 bits per heavy atom. The van der Waals surface area contributed by atoms with E-state index in [9.17, 15) is 9.59 Å². The van der Waals surface area contributed by atoms with Gasteiger partial charge in [-0.2, -0.15) is 0 Å². The molecule has 27 heavy (non-hydrogen) atoms. The number of benzene rings is 3. The van der Waals surface area contributed by atoms with Crippen LogP contribution < -0.4 is 10.1 Å². The Bertz CT molecular complexity index is 979. The van der Waals surface area contributed by atoms with Gasteiger partial charge in [0.2, 0.25) is 0 Å². The molecule has 0 fully saturated rings. The number of nitrogens with one attached hydrogen (secondary N) is 1. The van der Waals surface area contributed by atoms with Gasteiger partial charge in [0, 0.05) is 16.3 Å². The van der Waals surface area contributed by atoms with Crippen LogP contribution in [0.2, 0.25) is 5.02 Å². The van der Waals surface area contributed by atoms with Crippen molar-refractivity contribution in [3.05, 3.63) is 94.0 Å². The molecule has 0 aliphatic carbocycles. The molecule has 0 unspecified atom stereocenters. The van der Waals surface area contributed by atoms with Crippen molar-refractivity contribution in [1.82, 2.24) is 0 Å². The lowest BCUT2D eigenvalue weighted by Crippen LogP contribution is -2.13. The van der Waals surface area contributed by atoms with E-state index < -0.39 is 5.97 Å². The Kier molecular flexibility index (Phi) is 5.57. The van der Waals surface area contributed by atoms with E-state index in [0.29, 0.717) is 21.9 Å². The second-order valence-electron chi connectivity index (χ2n) is 6.19. The van der Waals surface area contributed by atoms with Gasteiger partial charge >= 0.3 is 5.97 Å². The zero-order valence-electron chi connectivity index (χ0n) is 15.0. The summed E-state index contributed by atoms with van der Waals surface area (Å²) in [7, 11) is 0. The summed E-state index contributed by atoms with van der Waals surface area (Å²) in [5, 5.41) is 3.45. The van der Waals surface area contributed by atoms with E-state index in [2.05, 4.69) is 5.32 Å². The first-order chi connectivity index (χ1) is 12.9. The first-order valence-corrected chi connectivity index (χ1v) is 8.76. The fourth-order valence-electron chi connectivity index (χ4n) is 2.49. The first-order valence-electron chi connectivity index (χ1n) is 8.39. The Morgan fingerprint density at radius 3 is 2.15 bits per heavy atom. The Labute approximate surface area is 162 Å². The molecule has 1 amide bonds. The lowest BCUT2D eigenvalue weighted by molar-refractivity contribution is 0.0734. The molecule has 0 saturated carbocycles. The second kappa shape index (κ2) is 8.06. The van der Waals surface area contributed by atoms with Gasteiger partial charge < -0.3 is 10.1 Å². The number of esters is 1. The number of ether oxygens (including phenoxy) is 1. The molecule has 3 rings (SSSR count). The molecule has 0 aliphatic heterocycles. The number of hydrogen-bond acceptors (Lipinski definition) is 3. The standard InChI is InChI=1S/C22H18ClNO3/c1-14-3-4-15(2)20(13-14)24-21(25)16-7-11-19(12-8-16)27-22(26)17-5-9-18(23)10-6-17/h3-13H,1-2H3,(H,24,25). The van der Waals surface area contributed by atoms with Crippen LogP contribution in [0.1, 0.15) is 31.8 Å². The second-order valence-corrected chi connectivity index (χ2v) is 6.63. The molecule has 0 heterocycles. The van der Waals surface area contributed by atoms with Gasteiger partial charge in [0.15, 0.2) is 0 Å². The Balaban J connectivity index is 1.67. The predicted molar refractivity (Wildman–Crippen MR) is 107 cm³/mol. The summed E-state index contributed by atoms with van der Waals surface area (Å²) < 4.78 is 5.31. The normalized spacial score (nSPS) is 10.3. The molecule has 0 aliphatic rings. The van der Waals surface area contributed by atoms with Crippen LogP contribution in [0.15, 0.2) is 66.7 Å². The number of aryl methyl sites for hydroxylation is 2.